The molecule has 4 nitrogen and oxygen atoms in total. The van der Waals surface area contributed by atoms with E-state index in [1.54, 1.807) is 0 Å². The second-order valence-corrected chi connectivity index (χ2v) is 10.7. The van der Waals surface area contributed by atoms with E-state index >= 15 is 0 Å². The minimum Gasteiger partial charge on any atom is -0.389 e. The number of nitrogens with zero attached hydrogens (tertiary/aromatic N) is 1. The van der Waals surface area contributed by atoms with Crippen molar-refractivity contribution in [3.63, 3.8) is 0 Å². The normalized spacial score (nSPS) is 38.6. The summed E-state index contributed by atoms with van der Waals surface area (Å²) < 4.78 is 13.5. The van der Waals surface area contributed by atoms with E-state index < -0.39 is 6.10 Å². The van der Waals surface area contributed by atoms with Gasteiger partial charge in [-0.1, -0.05) is 28.1 Å². The van der Waals surface area contributed by atoms with Crippen LogP contribution in [0, 0.1) is 17.8 Å². The molecule has 2 unspecified atom stereocenters. The molecule has 0 spiro atoms. The van der Waals surface area contributed by atoms with E-state index in [-0.39, 0.29) is 11.7 Å². The first-order valence-electron chi connectivity index (χ1n) is 11.0. The highest BCUT2D eigenvalue weighted by Crippen LogP contribution is 2.57. The molecule has 5 heteroatoms. The van der Waals surface area contributed by atoms with E-state index in [0.717, 1.165) is 35.3 Å². The van der Waals surface area contributed by atoms with Crippen molar-refractivity contribution < 1.29 is 14.6 Å². The van der Waals surface area contributed by atoms with E-state index in [4.69, 9.17) is 9.47 Å². The lowest BCUT2D eigenvalue weighted by Crippen LogP contribution is -2.53. The second-order valence-electron chi connectivity index (χ2n) is 9.74. The first-order chi connectivity index (χ1) is 13.6. The van der Waals surface area contributed by atoms with Crippen molar-refractivity contribution >= 4 is 15.9 Å². The minimum atomic E-state index is -0.420. The van der Waals surface area contributed by atoms with Crippen molar-refractivity contribution in [1.29, 1.82) is 0 Å². The van der Waals surface area contributed by atoms with Crippen LogP contribution in [0.15, 0.2) is 28.7 Å². The Morgan fingerprint density at radius 1 is 1.11 bits per heavy atom. The summed E-state index contributed by atoms with van der Waals surface area (Å²) in [6.07, 6.45) is 7.64. The van der Waals surface area contributed by atoms with E-state index in [1.807, 2.05) is 0 Å². The lowest BCUT2D eigenvalue weighted by molar-refractivity contribution is -0.177. The Morgan fingerprint density at radius 2 is 1.75 bits per heavy atom. The number of benzene rings is 1. The molecule has 1 N–H and O–H groups in total. The largest absolute Gasteiger partial charge is 0.389 e. The Hall–Kier alpha value is -0.460. The smallest absolute Gasteiger partial charge is 0.0952 e. The molecule has 0 radical (unpaired) electrons. The monoisotopic (exact) mass is 449 g/mol. The van der Waals surface area contributed by atoms with Gasteiger partial charge in [-0.05, 0) is 74.0 Å². The summed E-state index contributed by atoms with van der Waals surface area (Å²) in [6.45, 7) is 3.57. The van der Waals surface area contributed by atoms with Crippen LogP contribution in [0.1, 0.15) is 50.2 Å². The van der Waals surface area contributed by atoms with Gasteiger partial charge in [0, 0.05) is 24.1 Å². The molecule has 1 saturated heterocycles. The van der Waals surface area contributed by atoms with Crippen LogP contribution >= 0.6 is 15.9 Å². The van der Waals surface area contributed by atoms with Crippen molar-refractivity contribution in [2.75, 3.05) is 32.8 Å². The molecule has 2 atom stereocenters. The topological polar surface area (TPSA) is 41.9 Å². The average molecular weight is 450 g/mol. The van der Waals surface area contributed by atoms with Crippen molar-refractivity contribution in [2.24, 2.45) is 17.8 Å². The Bertz CT molecular complexity index is 644. The lowest BCUT2D eigenvalue weighted by atomic mass is 9.54. The van der Waals surface area contributed by atoms with Gasteiger partial charge in [-0.2, -0.15) is 0 Å². The van der Waals surface area contributed by atoms with Crippen molar-refractivity contribution in [3.8, 4) is 0 Å². The summed E-state index contributed by atoms with van der Waals surface area (Å²) >= 11 is 3.49. The highest BCUT2D eigenvalue weighted by atomic mass is 79.9. The van der Waals surface area contributed by atoms with Gasteiger partial charge in [-0.15, -0.1) is 0 Å². The third-order valence-corrected chi connectivity index (χ3v) is 7.95. The van der Waals surface area contributed by atoms with E-state index in [9.17, 15) is 5.11 Å². The van der Waals surface area contributed by atoms with Crippen molar-refractivity contribution in [3.05, 3.63) is 34.3 Å². The van der Waals surface area contributed by atoms with E-state index in [2.05, 4.69) is 45.1 Å². The number of halogens is 1. The fraction of sp³-hybridized carbons (Fsp3) is 0.739. The summed E-state index contributed by atoms with van der Waals surface area (Å²) in [5.41, 5.74) is 1.29. The number of ether oxygens (including phenoxy) is 2. The summed E-state index contributed by atoms with van der Waals surface area (Å²) in [5, 5.41) is 10.7. The zero-order chi connectivity index (χ0) is 19.1. The number of morpholine rings is 1. The summed E-state index contributed by atoms with van der Waals surface area (Å²) in [7, 11) is 0. The van der Waals surface area contributed by atoms with Crippen LogP contribution in [0.25, 0.3) is 0 Å². The minimum absolute atomic E-state index is 0.0816. The van der Waals surface area contributed by atoms with Crippen molar-refractivity contribution in [1.82, 2.24) is 4.90 Å². The van der Waals surface area contributed by atoms with E-state index in [1.165, 1.54) is 44.1 Å². The van der Waals surface area contributed by atoms with Gasteiger partial charge in [-0.3, -0.25) is 4.90 Å². The fourth-order valence-electron chi connectivity index (χ4n) is 6.58. The van der Waals surface area contributed by atoms with Crippen LogP contribution in [0.3, 0.4) is 0 Å². The van der Waals surface area contributed by atoms with Gasteiger partial charge in [0.05, 0.1) is 31.0 Å². The molecule has 6 rings (SSSR count). The van der Waals surface area contributed by atoms with Gasteiger partial charge >= 0.3 is 0 Å². The highest BCUT2D eigenvalue weighted by Gasteiger charge is 2.51. The molecule has 154 valence electrons. The molecule has 0 aromatic heterocycles. The van der Waals surface area contributed by atoms with Gasteiger partial charge in [0.1, 0.15) is 0 Å². The number of β-amino-alcohol motifs (C(OH)–C–C–N with tert-alkyl or cyclic N) is 1. The SMILES string of the molecule is OC(COC12CC3CC(CC(C3)C1)C2)CN1CCOC(c2ccc(Br)cc2)C1. The molecule has 4 aliphatic carbocycles. The maximum Gasteiger partial charge on any atom is 0.0952 e. The quantitative estimate of drug-likeness (QED) is 0.707. The molecule has 4 saturated carbocycles. The van der Waals surface area contributed by atoms with Gasteiger partial charge in [0.15, 0.2) is 0 Å². The molecular weight excluding hydrogens is 418 g/mol. The summed E-state index contributed by atoms with van der Waals surface area (Å²) in [4.78, 5) is 2.32. The molecule has 5 fully saturated rings. The Morgan fingerprint density at radius 3 is 2.39 bits per heavy atom. The van der Waals surface area contributed by atoms with Crippen LogP contribution < -0.4 is 0 Å². The highest BCUT2D eigenvalue weighted by molar-refractivity contribution is 9.10. The predicted molar refractivity (Wildman–Crippen MR) is 112 cm³/mol. The second kappa shape index (κ2) is 7.99. The number of hydrogen-bond acceptors (Lipinski definition) is 4. The van der Waals surface area contributed by atoms with Gasteiger partial charge in [0.2, 0.25) is 0 Å². The standard InChI is InChI=1S/C23H32BrNO3/c24-20-3-1-19(2-4-20)22-14-25(5-6-27-22)13-21(26)15-28-23-10-16-7-17(11-23)9-18(8-16)12-23/h1-4,16-18,21-22,26H,5-15H2. The molecule has 1 aromatic carbocycles. The fourth-order valence-corrected chi connectivity index (χ4v) is 6.84. The zero-order valence-electron chi connectivity index (χ0n) is 16.6. The van der Waals surface area contributed by atoms with Crippen molar-refractivity contribution in [2.45, 2.75) is 56.3 Å². The van der Waals surface area contributed by atoms with Crippen LogP contribution in [-0.2, 0) is 9.47 Å². The first kappa shape index (κ1) is 19.5. The van der Waals surface area contributed by atoms with Crippen LogP contribution in [-0.4, -0.2) is 54.6 Å². The first-order valence-corrected chi connectivity index (χ1v) is 11.8. The van der Waals surface area contributed by atoms with Crippen LogP contribution in [0.2, 0.25) is 0 Å². The molecule has 28 heavy (non-hydrogen) atoms. The Kier molecular flexibility index (Phi) is 5.57. The summed E-state index contributed by atoms with van der Waals surface area (Å²) in [6, 6.07) is 8.35. The average Bonchev–Trinajstić information content (AvgIpc) is 2.66. The van der Waals surface area contributed by atoms with Gasteiger partial charge < -0.3 is 14.6 Å². The maximum atomic E-state index is 10.7. The summed E-state index contributed by atoms with van der Waals surface area (Å²) in [5.74, 6) is 2.65. The molecule has 1 aromatic rings. The van der Waals surface area contributed by atoms with E-state index in [0.29, 0.717) is 19.8 Å². The predicted octanol–water partition coefficient (Wildman–Crippen LogP) is 4.17. The number of aliphatic hydroxyl groups is 1. The zero-order valence-corrected chi connectivity index (χ0v) is 18.1. The number of hydrogen-bond donors (Lipinski definition) is 1. The third-order valence-electron chi connectivity index (χ3n) is 7.43. The number of aliphatic hydroxyl groups excluding tert-OH is 1. The van der Waals surface area contributed by atoms with Gasteiger partial charge in [-0.25, -0.2) is 0 Å². The Labute approximate surface area is 176 Å². The molecule has 0 amide bonds. The maximum absolute atomic E-state index is 10.7. The molecule has 1 aliphatic heterocycles. The third kappa shape index (κ3) is 4.20. The van der Waals surface area contributed by atoms with Crippen LogP contribution in [0.4, 0.5) is 0 Å². The van der Waals surface area contributed by atoms with Crippen LogP contribution in [0.5, 0.6) is 0 Å². The molecule has 4 bridgehead atoms. The molecule has 5 aliphatic rings. The number of rotatable bonds is 6. The molecular formula is C23H32BrNO3. The lowest BCUT2D eigenvalue weighted by Gasteiger charge is -2.56. The molecule has 1 heterocycles. The Balaban J connectivity index is 1.13. The van der Waals surface area contributed by atoms with Gasteiger partial charge in [0.25, 0.3) is 0 Å².